The molecule has 13 rings (SSSR count). The van der Waals surface area contributed by atoms with Crippen molar-refractivity contribution in [3.63, 3.8) is 0 Å². The Kier molecular flexibility index (Phi) is 7.38. The topological polar surface area (TPSA) is 43.6 Å². The highest BCUT2D eigenvalue weighted by molar-refractivity contribution is 6.21. The first-order chi connectivity index (χ1) is 30.2. The second-order valence-corrected chi connectivity index (χ2v) is 16.7. The van der Waals surface area contributed by atoms with E-state index in [-0.39, 0.29) is 11.3 Å². The molecule has 4 nitrogen and oxygen atoms in total. The largest absolute Gasteiger partial charge is 0.309 e. The number of fused-ring (bicyclic) bond motifs is 14. The Morgan fingerprint density at radius 3 is 2.02 bits per heavy atom. The number of allylic oxidation sites excluding steroid dienone is 4. The first kappa shape index (κ1) is 34.2. The molecule has 3 unspecified atom stereocenters. The lowest BCUT2D eigenvalue weighted by Crippen LogP contribution is -2.39. The van der Waals surface area contributed by atoms with E-state index in [1.54, 1.807) is 0 Å². The van der Waals surface area contributed by atoms with Crippen LogP contribution in [0.4, 0.5) is 0 Å². The monoisotopic (exact) mass is 778 g/mol. The van der Waals surface area contributed by atoms with Crippen LogP contribution in [0.25, 0.3) is 72.4 Å². The molecule has 0 radical (unpaired) electrons. The fourth-order valence-electron chi connectivity index (χ4n) is 11.1. The molecular weight excluding hydrogens is 741 g/mol. The van der Waals surface area contributed by atoms with Gasteiger partial charge in [0.25, 0.3) is 0 Å². The van der Waals surface area contributed by atoms with Crippen molar-refractivity contribution in [3.05, 3.63) is 240 Å². The van der Waals surface area contributed by atoms with E-state index in [0.29, 0.717) is 23.4 Å². The molecule has 1 spiro atoms. The minimum Gasteiger partial charge on any atom is -0.309 e. The minimum absolute atomic E-state index is 0.273. The Balaban J connectivity index is 0.990. The second-order valence-electron chi connectivity index (χ2n) is 16.7. The maximum atomic E-state index is 5.32. The molecule has 0 bridgehead atoms. The molecule has 8 aromatic carbocycles. The number of nitrogens with zero attached hydrogens (tertiary/aromatic N) is 4. The summed E-state index contributed by atoms with van der Waals surface area (Å²) in [4.78, 5) is 15.7. The van der Waals surface area contributed by atoms with Gasteiger partial charge in [-0.25, -0.2) is 15.0 Å². The molecule has 0 saturated heterocycles. The number of hydrogen-bond donors (Lipinski definition) is 0. The Bertz CT molecular complexity index is 3480. The molecule has 3 aliphatic rings. The molecule has 10 aromatic rings. The summed E-state index contributed by atoms with van der Waals surface area (Å²) in [5.41, 5.74) is 14.3. The predicted octanol–water partition coefficient (Wildman–Crippen LogP) is 13.2. The van der Waals surface area contributed by atoms with Crippen molar-refractivity contribution in [2.45, 2.75) is 17.8 Å². The molecule has 0 fully saturated rings. The summed E-state index contributed by atoms with van der Waals surface area (Å²) in [6.45, 7) is 0. The van der Waals surface area contributed by atoms with Crippen LogP contribution in [-0.4, -0.2) is 19.5 Å². The molecule has 2 aromatic heterocycles. The summed E-state index contributed by atoms with van der Waals surface area (Å²) in [6, 6.07) is 66.0. The molecule has 0 saturated carbocycles. The Morgan fingerprint density at radius 2 is 1.13 bits per heavy atom. The van der Waals surface area contributed by atoms with Gasteiger partial charge in [0.05, 0.1) is 16.4 Å². The van der Waals surface area contributed by atoms with E-state index in [0.717, 1.165) is 34.3 Å². The number of aromatic nitrogens is 4. The predicted molar refractivity (Wildman–Crippen MR) is 248 cm³/mol. The zero-order chi connectivity index (χ0) is 40.1. The molecular formula is C57H38N4. The van der Waals surface area contributed by atoms with E-state index in [1.165, 1.54) is 60.4 Å². The second kappa shape index (κ2) is 13.2. The van der Waals surface area contributed by atoms with Crippen molar-refractivity contribution in [1.29, 1.82) is 0 Å². The lowest BCUT2D eigenvalue weighted by atomic mass is 9.58. The fraction of sp³-hybridized carbons (Fsp3) is 0.0702. The van der Waals surface area contributed by atoms with Crippen LogP contribution in [0.2, 0.25) is 0 Å². The average Bonchev–Trinajstić information content (AvgIpc) is 3.83. The lowest BCUT2D eigenvalue weighted by Gasteiger charge is -2.44. The van der Waals surface area contributed by atoms with E-state index in [9.17, 15) is 0 Å². The van der Waals surface area contributed by atoms with Crippen LogP contribution in [0.3, 0.4) is 0 Å². The van der Waals surface area contributed by atoms with Gasteiger partial charge in [0.2, 0.25) is 0 Å². The number of para-hydroxylation sites is 1. The van der Waals surface area contributed by atoms with Gasteiger partial charge in [-0.1, -0.05) is 176 Å². The quantitative estimate of drug-likeness (QED) is 0.179. The zero-order valence-corrected chi connectivity index (χ0v) is 33.3. The van der Waals surface area contributed by atoms with Crippen LogP contribution in [0.15, 0.2) is 206 Å². The van der Waals surface area contributed by atoms with Crippen molar-refractivity contribution in [2.24, 2.45) is 5.92 Å². The number of benzene rings is 8. The van der Waals surface area contributed by atoms with Crippen LogP contribution in [-0.2, 0) is 11.8 Å². The van der Waals surface area contributed by atoms with Gasteiger partial charge in [0.15, 0.2) is 17.5 Å². The van der Waals surface area contributed by atoms with Gasteiger partial charge in [-0.05, 0) is 80.9 Å². The van der Waals surface area contributed by atoms with Gasteiger partial charge < -0.3 is 4.57 Å². The van der Waals surface area contributed by atoms with E-state index >= 15 is 0 Å². The van der Waals surface area contributed by atoms with Crippen molar-refractivity contribution in [1.82, 2.24) is 19.5 Å². The lowest BCUT2D eigenvalue weighted by molar-refractivity contribution is 0.445. The third-order valence-corrected chi connectivity index (χ3v) is 13.6. The Labute approximate surface area is 353 Å². The van der Waals surface area contributed by atoms with Gasteiger partial charge in [0.1, 0.15) is 0 Å². The van der Waals surface area contributed by atoms with E-state index in [2.05, 4.69) is 193 Å². The van der Waals surface area contributed by atoms with Crippen LogP contribution in [0, 0.1) is 5.92 Å². The molecule has 3 atom stereocenters. The summed E-state index contributed by atoms with van der Waals surface area (Å²) in [7, 11) is 0. The van der Waals surface area contributed by atoms with Crippen LogP contribution in [0.5, 0.6) is 0 Å². The Morgan fingerprint density at radius 1 is 0.459 bits per heavy atom. The van der Waals surface area contributed by atoms with Crippen LogP contribution < -0.4 is 0 Å². The molecule has 3 aliphatic carbocycles. The third kappa shape index (κ3) is 4.96. The SMILES string of the molecule is C1=CC2c3ccccc3C3(c4ccccc4Cc4cc(-c5nc(-c6ccccc6)nc(-c6cccc(-n7c8ccccc8c8c9ccccc9ccc87)c6)n5)ccc43)C2C=C1. The highest BCUT2D eigenvalue weighted by Crippen LogP contribution is 2.62. The molecule has 0 aliphatic heterocycles. The van der Waals surface area contributed by atoms with Gasteiger partial charge in [-0.3, -0.25) is 0 Å². The molecule has 2 heterocycles. The first-order valence-electron chi connectivity index (χ1n) is 21.2. The highest BCUT2D eigenvalue weighted by atomic mass is 15.0. The summed E-state index contributed by atoms with van der Waals surface area (Å²) in [6.07, 6.45) is 10.2. The summed E-state index contributed by atoms with van der Waals surface area (Å²) in [5, 5.41) is 4.99. The smallest absolute Gasteiger partial charge is 0.164 e. The summed E-state index contributed by atoms with van der Waals surface area (Å²) >= 11 is 0. The van der Waals surface area contributed by atoms with Gasteiger partial charge >= 0.3 is 0 Å². The van der Waals surface area contributed by atoms with Crippen molar-refractivity contribution >= 4 is 32.6 Å². The molecule has 0 amide bonds. The van der Waals surface area contributed by atoms with Gasteiger partial charge in [0, 0.05) is 45.0 Å². The summed E-state index contributed by atoms with van der Waals surface area (Å²) in [5.74, 6) is 2.55. The molecule has 0 N–H and O–H groups in total. The first-order valence-corrected chi connectivity index (χ1v) is 21.2. The zero-order valence-electron chi connectivity index (χ0n) is 33.3. The van der Waals surface area contributed by atoms with Crippen molar-refractivity contribution in [3.8, 4) is 39.9 Å². The fourth-order valence-corrected chi connectivity index (χ4v) is 11.1. The van der Waals surface area contributed by atoms with E-state index in [4.69, 9.17) is 15.0 Å². The average molecular weight is 779 g/mol. The molecule has 61 heavy (non-hydrogen) atoms. The van der Waals surface area contributed by atoms with Crippen molar-refractivity contribution in [2.75, 3.05) is 0 Å². The van der Waals surface area contributed by atoms with Crippen LogP contribution in [0.1, 0.15) is 39.3 Å². The number of hydrogen-bond acceptors (Lipinski definition) is 3. The molecule has 4 heteroatoms. The molecule has 286 valence electrons. The van der Waals surface area contributed by atoms with E-state index in [1.807, 2.05) is 18.2 Å². The maximum Gasteiger partial charge on any atom is 0.164 e. The highest BCUT2D eigenvalue weighted by Gasteiger charge is 2.55. The minimum atomic E-state index is -0.301. The number of rotatable bonds is 4. The van der Waals surface area contributed by atoms with Gasteiger partial charge in [-0.2, -0.15) is 0 Å². The van der Waals surface area contributed by atoms with E-state index < -0.39 is 0 Å². The standard InChI is InChI=1S/C57H38N4/c1-2-16-37(17-3-1)54-58-55(39-19-14-20-42(35-39)61-51-28-13-9-24-46(51)53-43-21-6-4-15-36(43)30-32-52(53)61)60-56(59-54)40-29-31-48-41(34-40)33-38-18-5-10-25-47(38)57(48)49-26-11-7-22-44(49)45-23-8-12-27-50(45)57/h1-32,34-35,44,49H,33H2. The third-order valence-electron chi connectivity index (χ3n) is 13.6. The van der Waals surface area contributed by atoms with Gasteiger partial charge in [-0.15, -0.1) is 0 Å². The summed E-state index contributed by atoms with van der Waals surface area (Å²) < 4.78 is 2.38. The Hall–Kier alpha value is -7.69. The van der Waals surface area contributed by atoms with Crippen molar-refractivity contribution < 1.29 is 0 Å². The maximum absolute atomic E-state index is 5.32. The normalized spacial score (nSPS) is 18.4. The van der Waals surface area contributed by atoms with Crippen LogP contribution >= 0.6 is 0 Å².